The SMILES string of the molecule is CCCNc1ncnc(Nc2ccccc2C(F)(F)F)c1[N+](=O)[O-]. The van der Waals surface area contributed by atoms with Crippen LogP contribution in [0.4, 0.5) is 36.2 Å². The van der Waals surface area contributed by atoms with Gasteiger partial charge in [-0.2, -0.15) is 13.2 Å². The number of nitrogens with one attached hydrogen (secondary N) is 2. The van der Waals surface area contributed by atoms with Gasteiger partial charge in [0.1, 0.15) is 6.33 Å². The lowest BCUT2D eigenvalue weighted by Crippen LogP contribution is -2.11. The molecular weight excluding hydrogens is 327 g/mol. The summed E-state index contributed by atoms with van der Waals surface area (Å²) in [5.41, 5.74) is -1.78. The Morgan fingerprint density at radius 3 is 2.50 bits per heavy atom. The van der Waals surface area contributed by atoms with Crippen molar-refractivity contribution in [2.75, 3.05) is 17.2 Å². The van der Waals surface area contributed by atoms with E-state index in [0.29, 0.717) is 13.0 Å². The van der Waals surface area contributed by atoms with Gasteiger partial charge in [0.2, 0.25) is 11.6 Å². The van der Waals surface area contributed by atoms with E-state index in [-0.39, 0.29) is 17.3 Å². The summed E-state index contributed by atoms with van der Waals surface area (Å²) >= 11 is 0. The number of nitro groups is 1. The number of para-hydroxylation sites is 1. The average molecular weight is 341 g/mol. The molecule has 0 saturated carbocycles. The fourth-order valence-corrected chi connectivity index (χ4v) is 1.98. The number of anilines is 3. The maximum Gasteiger partial charge on any atom is 0.418 e. The molecular formula is C14H14F3N5O2. The number of nitrogens with zero attached hydrogens (tertiary/aromatic N) is 3. The van der Waals surface area contributed by atoms with Gasteiger partial charge < -0.3 is 10.6 Å². The van der Waals surface area contributed by atoms with Gasteiger partial charge in [0, 0.05) is 6.54 Å². The Kier molecular flexibility index (Phi) is 5.17. The van der Waals surface area contributed by atoms with Crippen molar-refractivity contribution in [2.24, 2.45) is 0 Å². The Morgan fingerprint density at radius 1 is 1.21 bits per heavy atom. The summed E-state index contributed by atoms with van der Waals surface area (Å²) in [6.07, 6.45) is -2.86. The normalized spacial score (nSPS) is 11.2. The third-order valence-electron chi connectivity index (χ3n) is 3.03. The second kappa shape index (κ2) is 7.11. The van der Waals surface area contributed by atoms with Gasteiger partial charge in [0.15, 0.2) is 0 Å². The van der Waals surface area contributed by atoms with Crippen molar-refractivity contribution in [3.63, 3.8) is 0 Å². The molecule has 0 bridgehead atoms. The van der Waals surface area contributed by atoms with Crippen LogP contribution in [0.15, 0.2) is 30.6 Å². The highest BCUT2D eigenvalue weighted by atomic mass is 19.4. The van der Waals surface area contributed by atoms with Crippen molar-refractivity contribution in [1.82, 2.24) is 9.97 Å². The predicted octanol–water partition coefficient (Wildman–Crippen LogP) is 3.97. The fourth-order valence-electron chi connectivity index (χ4n) is 1.98. The van der Waals surface area contributed by atoms with Crippen molar-refractivity contribution in [3.8, 4) is 0 Å². The van der Waals surface area contributed by atoms with E-state index in [0.717, 1.165) is 12.4 Å². The number of aromatic nitrogens is 2. The number of rotatable bonds is 6. The summed E-state index contributed by atoms with van der Waals surface area (Å²) in [6, 6.07) is 4.68. The van der Waals surface area contributed by atoms with Crippen LogP contribution >= 0.6 is 0 Å². The summed E-state index contributed by atoms with van der Waals surface area (Å²) in [6.45, 7) is 2.29. The molecule has 0 saturated heterocycles. The first-order valence-electron chi connectivity index (χ1n) is 7.01. The van der Waals surface area contributed by atoms with Gasteiger partial charge in [-0.05, 0) is 18.6 Å². The number of alkyl halides is 3. The Hall–Kier alpha value is -2.91. The van der Waals surface area contributed by atoms with E-state index in [9.17, 15) is 23.3 Å². The third kappa shape index (κ3) is 3.89. The Bertz CT molecular complexity index is 737. The standard InChI is InChI=1S/C14H14F3N5O2/c1-2-7-18-12-11(22(23)24)13(20-8-19-12)21-10-6-4-3-5-9(10)14(15,16)17/h3-6,8H,2,7H2,1H3,(H2,18,19,20,21). The van der Waals surface area contributed by atoms with Crippen molar-refractivity contribution < 1.29 is 18.1 Å². The molecule has 24 heavy (non-hydrogen) atoms. The van der Waals surface area contributed by atoms with Crippen LogP contribution in [0.2, 0.25) is 0 Å². The van der Waals surface area contributed by atoms with E-state index >= 15 is 0 Å². The maximum atomic E-state index is 13.0. The van der Waals surface area contributed by atoms with Crippen LogP contribution in [0.5, 0.6) is 0 Å². The van der Waals surface area contributed by atoms with Crippen molar-refractivity contribution >= 4 is 23.0 Å². The van der Waals surface area contributed by atoms with Crippen LogP contribution in [0.3, 0.4) is 0 Å². The molecule has 0 fully saturated rings. The highest BCUT2D eigenvalue weighted by Gasteiger charge is 2.34. The zero-order valence-electron chi connectivity index (χ0n) is 12.6. The molecule has 7 nitrogen and oxygen atoms in total. The minimum Gasteiger partial charge on any atom is -0.364 e. The zero-order valence-corrected chi connectivity index (χ0v) is 12.6. The largest absolute Gasteiger partial charge is 0.418 e. The Balaban J connectivity index is 2.46. The quantitative estimate of drug-likeness (QED) is 0.610. The monoisotopic (exact) mass is 341 g/mol. The van der Waals surface area contributed by atoms with Crippen LogP contribution in [0.1, 0.15) is 18.9 Å². The summed E-state index contributed by atoms with van der Waals surface area (Å²) in [7, 11) is 0. The molecule has 1 aromatic heterocycles. The number of benzene rings is 1. The molecule has 2 aromatic rings. The van der Waals surface area contributed by atoms with E-state index in [1.165, 1.54) is 18.2 Å². The van der Waals surface area contributed by atoms with Crippen LogP contribution in [-0.4, -0.2) is 21.4 Å². The molecule has 1 aromatic carbocycles. The van der Waals surface area contributed by atoms with E-state index < -0.39 is 22.4 Å². The van der Waals surface area contributed by atoms with Crippen molar-refractivity contribution in [1.29, 1.82) is 0 Å². The number of hydrogen-bond donors (Lipinski definition) is 2. The van der Waals surface area contributed by atoms with E-state index in [2.05, 4.69) is 20.6 Å². The van der Waals surface area contributed by atoms with Gasteiger partial charge in [-0.1, -0.05) is 19.1 Å². The topological polar surface area (TPSA) is 93.0 Å². The van der Waals surface area contributed by atoms with E-state index in [4.69, 9.17) is 0 Å². The molecule has 2 rings (SSSR count). The number of hydrogen-bond acceptors (Lipinski definition) is 6. The highest BCUT2D eigenvalue weighted by molar-refractivity contribution is 5.74. The first-order valence-corrected chi connectivity index (χ1v) is 7.01. The second-order valence-corrected chi connectivity index (χ2v) is 4.77. The summed E-state index contributed by atoms with van der Waals surface area (Å²) < 4.78 is 39.1. The van der Waals surface area contributed by atoms with Gasteiger partial charge in [0.05, 0.1) is 16.2 Å². The van der Waals surface area contributed by atoms with Crippen molar-refractivity contribution in [2.45, 2.75) is 19.5 Å². The molecule has 128 valence electrons. The highest BCUT2D eigenvalue weighted by Crippen LogP contribution is 2.38. The van der Waals surface area contributed by atoms with Crippen molar-refractivity contribution in [3.05, 3.63) is 46.3 Å². The molecule has 2 N–H and O–H groups in total. The lowest BCUT2D eigenvalue weighted by Gasteiger charge is -2.14. The first-order chi connectivity index (χ1) is 11.3. The molecule has 0 aliphatic heterocycles. The number of halogens is 3. The fraction of sp³-hybridized carbons (Fsp3) is 0.286. The molecule has 0 aliphatic carbocycles. The van der Waals surface area contributed by atoms with Gasteiger partial charge in [-0.3, -0.25) is 10.1 Å². The lowest BCUT2D eigenvalue weighted by molar-refractivity contribution is -0.383. The molecule has 10 heteroatoms. The molecule has 0 radical (unpaired) electrons. The third-order valence-corrected chi connectivity index (χ3v) is 3.03. The average Bonchev–Trinajstić information content (AvgIpc) is 2.52. The maximum absolute atomic E-state index is 13.0. The van der Waals surface area contributed by atoms with Crippen LogP contribution in [0, 0.1) is 10.1 Å². The summed E-state index contributed by atoms with van der Waals surface area (Å²) in [5.74, 6) is -0.367. The van der Waals surface area contributed by atoms with Crippen LogP contribution in [0.25, 0.3) is 0 Å². The summed E-state index contributed by atoms with van der Waals surface area (Å²) in [5, 5.41) is 16.5. The first kappa shape index (κ1) is 17.4. The molecule has 0 spiro atoms. The molecule has 0 unspecified atom stereocenters. The lowest BCUT2D eigenvalue weighted by atomic mass is 10.1. The van der Waals surface area contributed by atoms with Gasteiger partial charge in [-0.25, -0.2) is 9.97 Å². The molecule has 0 aliphatic rings. The second-order valence-electron chi connectivity index (χ2n) is 4.77. The molecule has 0 amide bonds. The van der Waals surface area contributed by atoms with Crippen LogP contribution < -0.4 is 10.6 Å². The smallest absolute Gasteiger partial charge is 0.364 e. The van der Waals surface area contributed by atoms with Crippen LogP contribution in [-0.2, 0) is 6.18 Å². The molecule has 1 heterocycles. The van der Waals surface area contributed by atoms with Gasteiger partial charge >= 0.3 is 11.9 Å². The Morgan fingerprint density at radius 2 is 1.88 bits per heavy atom. The van der Waals surface area contributed by atoms with E-state index in [1.54, 1.807) is 0 Å². The van der Waals surface area contributed by atoms with Gasteiger partial charge in [-0.15, -0.1) is 0 Å². The predicted molar refractivity (Wildman–Crippen MR) is 82.2 cm³/mol. The van der Waals surface area contributed by atoms with Gasteiger partial charge in [0.25, 0.3) is 0 Å². The van der Waals surface area contributed by atoms with E-state index in [1.807, 2.05) is 6.92 Å². The zero-order chi connectivity index (χ0) is 17.7. The Labute approximate surface area is 135 Å². The minimum absolute atomic E-state index is 0.0520. The molecule has 0 atom stereocenters. The minimum atomic E-state index is -4.60. The summed E-state index contributed by atoms with van der Waals surface area (Å²) in [4.78, 5) is 18.1.